The summed E-state index contributed by atoms with van der Waals surface area (Å²) in [7, 11) is -3.66. The molecule has 0 radical (unpaired) electrons. The minimum absolute atomic E-state index is 0.194. The maximum Gasteiger partial charge on any atom is 0.400 e. The van der Waals surface area contributed by atoms with Gasteiger partial charge in [-0.25, -0.2) is 8.37 Å². The third kappa shape index (κ3) is 8.60. The van der Waals surface area contributed by atoms with Crippen molar-refractivity contribution < 1.29 is 16.8 Å². The summed E-state index contributed by atoms with van der Waals surface area (Å²) in [6, 6.07) is 0. The summed E-state index contributed by atoms with van der Waals surface area (Å²) in [5.74, 6) is 0. The van der Waals surface area contributed by atoms with Gasteiger partial charge in [-0.1, -0.05) is 71.1 Å². The molecule has 4 nitrogen and oxygen atoms in total. The number of unbranched alkanes of at least 4 members (excludes halogenated alkanes) is 9. The Morgan fingerprint density at radius 1 is 0.895 bits per heavy atom. The van der Waals surface area contributed by atoms with Gasteiger partial charge in [-0.3, -0.25) is 0 Å². The van der Waals surface area contributed by atoms with Crippen molar-refractivity contribution in [3.63, 3.8) is 0 Å². The second-order valence-electron chi connectivity index (χ2n) is 5.38. The van der Waals surface area contributed by atoms with Gasteiger partial charge in [0.1, 0.15) is 6.10 Å². The van der Waals surface area contributed by atoms with Crippen molar-refractivity contribution in [2.45, 2.75) is 83.7 Å². The molecule has 1 aliphatic rings. The van der Waals surface area contributed by atoms with Gasteiger partial charge in [-0.05, 0) is 6.42 Å². The van der Waals surface area contributed by atoms with E-state index in [0.29, 0.717) is 0 Å². The molecule has 0 aromatic rings. The van der Waals surface area contributed by atoms with Crippen molar-refractivity contribution in [2.24, 2.45) is 0 Å². The highest BCUT2D eigenvalue weighted by atomic mass is 32.3. The van der Waals surface area contributed by atoms with E-state index in [1.54, 1.807) is 0 Å². The van der Waals surface area contributed by atoms with Crippen LogP contribution in [0.25, 0.3) is 0 Å². The van der Waals surface area contributed by atoms with Crippen LogP contribution in [0.3, 0.4) is 0 Å². The highest BCUT2D eigenvalue weighted by Crippen LogP contribution is 2.19. The molecule has 114 valence electrons. The quantitative estimate of drug-likeness (QED) is 0.541. The van der Waals surface area contributed by atoms with Crippen LogP contribution in [0.15, 0.2) is 0 Å². The predicted molar refractivity (Wildman–Crippen MR) is 76.2 cm³/mol. The summed E-state index contributed by atoms with van der Waals surface area (Å²) in [5, 5.41) is 0. The van der Waals surface area contributed by atoms with E-state index in [9.17, 15) is 8.42 Å². The van der Waals surface area contributed by atoms with E-state index >= 15 is 0 Å². The van der Waals surface area contributed by atoms with Gasteiger partial charge < -0.3 is 0 Å². The molecule has 0 bridgehead atoms. The molecule has 5 heteroatoms. The summed E-state index contributed by atoms with van der Waals surface area (Å²) in [4.78, 5) is 0. The van der Waals surface area contributed by atoms with Crippen molar-refractivity contribution in [3.05, 3.63) is 0 Å². The lowest BCUT2D eigenvalue weighted by molar-refractivity contribution is 0.218. The molecule has 1 rings (SSSR count). The zero-order chi connectivity index (χ0) is 14.0. The van der Waals surface area contributed by atoms with E-state index in [4.69, 9.17) is 4.18 Å². The second-order valence-corrected chi connectivity index (χ2v) is 6.63. The van der Waals surface area contributed by atoms with Crippen LogP contribution < -0.4 is 0 Å². The van der Waals surface area contributed by atoms with Gasteiger partial charge in [0, 0.05) is 0 Å². The van der Waals surface area contributed by atoms with Gasteiger partial charge in [0.25, 0.3) is 0 Å². The summed E-state index contributed by atoms with van der Waals surface area (Å²) >= 11 is 0. The molecule has 19 heavy (non-hydrogen) atoms. The lowest BCUT2D eigenvalue weighted by atomic mass is 10.0. The minimum atomic E-state index is -3.66. The van der Waals surface area contributed by atoms with E-state index in [-0.39, 0.29) is 12.7 Å². The largest absolute Gasteiger partial charge is 0.400 e. The third-order valence-electron chi connectivity index (χ3n) is 3.53. The highest BCUT2D eigenvalue weighted by molar-refractivity contribution is 7.82. The molecule has 0 aromatic carbocycles. The lowest BCUT2D eigenvalue weighted by Crippen LogP contribution is -2.09. The van der Waals surface area contributed by atoms with Gasteiger partial charge in [0.15, 0.2) is 0 Å². The van der Waals surface area contributed by atoms with Crippen molar-refractivity contribution in [2.75, 3.05) is 6.61 Å². The average molecular weight is 292 g/mol. The molecule has 1 atom stereocenters. The van der Waals surface area contributed by atoms with Gasteiger partial charge in [-0.15, -0.1) is 0 Å². The van der Waals surface area contributed by atoms with Crippen LogP contribution in [-0.4, -0.2) is 21.1 Å². The van der Waals surface area contributed by atoms with Crippen molar-refractivity contribution in [1.29, 1.82) is 0 Å². The fourth-order valence-corrected chi connectivity index (χ4v) is 3.23. The molecule has 0 saturated carbocycles. The maximum absolute atomic E-state index is 10.9. The van der Waals surface area contributed by atoms with Crippen LogP contribution in [0.4, 0.5) is 0 Å². The molecule has 0 aromatic heterocycles. The maximum atomic E-state index is 10.9. The molecule has 0 N–H and O–H groups in total. The van der Waals surface area contributed by atoms with E-state index in [1.807, 2.05) is 0 Å². The van der Waals surface area contributed by atoms with Gasteiger partial charge in [0.2, 0.25) is 0 Å². The van der Waals surface area contributed by atoms with Crippen LogP contribution in [0, 0.1) is 0 Å². The van der Waals surface area contributed by atoms with Crippen molar-refractivity contribution >= 4 is 10.4 Å². The van der Waals surface area contributed by atoms with Gasteiger partial charge in [-0.2, -0.15) is 8.42 Å². The van der Waals surface area contributed by atoms with Gasteiger partial charge >= 0.3 is 10.4 Å². The number of hydrogen-bond acceptors (Lipinski definition) is 4. The first-order chi connectivity index (χ1) is 9.14. The van der Waals surface area contributed by atoms with Crippen molar-refractivity contribution in [1.82, 2.24) is 0 Å². The first kappa shape index (κ1) is 16.9. The number of rotatable bonds is 11. The molecule has 1 unspecified atom stereocenters. The van der Waals surface area contributed by atoms with E-state index in [0.717, 1.165) is 19.3 Å². The average Bonchev–Trinajstić information content (AvgIpc) is 2.71. The Hall–Kier alpha value is -0.130. The van der Waals surface area contributed by atoms with Crippen molar-refractivity contribution in [3.8, 4) is 0 Å². The van der Waals surface area contributed by atoms with Crippen LogP contribution in [-0.2, 0) is 18.8 Å². The third-order valence-corrected chi connectivity index (χ3v) is 4.46. The molecule has 0 spiro atoms. The molecular formula is C14H28O4S. The first-order valence-corrected chi connectivity index (χ1v) is 9.05. The summed E-state index contributed by atoms with van der Waals surface area (Å²) in [6.45, 7) is 2.43. The molecule has 1 heterocycles. The monoisotopic (exact) mass is 292 g/mol. The zero-order valence-electron chi connectivity index (χ0n) is 12.1. The fourth-order valence-electron chi connectivity index (χ4n) is 2.37. The van der Waals surface area contributed by atoms with Crippen LogP contribution in [0.1, 0.15) is 77.6 Å². The predicted octanol–water partition coefficient (Wildman–Crippen LogP) is 3.96. The minimum Gasteiger partial charge on any atom is -0.245 e. The van der Waals surface area contributed by atoms with Crippen LogP contribution in [0.5, 0.6) is 0 Å². The van der Waals surface area contributed by atoms with Crippen LogP contribution >= 0.6 is 0 Å². The fraction of sp³-hybridized carbons (Fsp3) is 1.00. The Kier molecular flexibility index (Phi) is 8.66. The Balaban J connectivity index is 1.82. The molecule has 1 saturated heterocycles. The second kappa shape index (κ2) is 9.72. The molecule has 0 aliphatic carbocycles. The molecule has 0 amide bonds. The summed E-state index contributed by atoms with van der Waals surface area (Å²) in [6.07, 6.45) is 13.4. The number of hydrogen-bond donors (Lipinski definition) is 0. The standard InChI is InChI=1S/C14H28O4S/c1-2-3-4-5-6-7-8-9-10-11-12-14-13-17-19(15,16)18-14/h14H,2-13H2,1H3. The van der Waals surface area contributed by atoms with E-state index in [2.05, 4.69) is 11.1 Å². The normalized spacial score (nSPS) is 21.8. The lowest BCUT2D eigenvalue weighted by Gasteiger charge is -2.05. The van der Waals surface area contributed by atoms with E-state index in [1.165, 1.54) is 51.4 Å². The Labute approximate surface area is 118 Å². The molecular weight excluding hydrogens is 264 g/mol. The summed E-state index contributed by atoms with van der Waals surface area (Å²) < 4.78 is 31.1. The molecule has 1 aliphatic heterocycles. The molecule has 1 fully saturated rings. The topological polar surface area (TPSA) is 52.6 Å². The smallest absolute Gasteiger partial charge is 0.245 e. The Morgan fingerprint density at radius 3 is 1.89 bits per heavy atom. The van der Waals surface area contributed by atoms with Gasteiger partial charge in [0.05, 0.1) is 6.61 Å². The SMILES string of the molecule is CCCCCCCCCCCCC1COS(=O)(=O)O1. The zero-order valence-corrected chi connectivity index (χ0v) is 12.9. The van der Waals surface area contributed by atoms with Crippen LogP contribution in [0.2, 0.25) is 0 Å². The Morgan fingerprint density at radius 2 is 1.42 bits per heavy atom. The summed E-state index contributed by atoms with van der Waals surface area (Å²) in [5.41, 5.74) is 0. The Bertz CT molecular complexity index is 313. The highest BCUT2D eigenvalue weighted by Gasteiger charge is 2.29. The first-order valence-electron chi connectivity index (χ1n) is 7.71. The van der Waals surface area contributed by atoms with E-state index < -0.39 is 10.4 Å².